The third-order valence-electron chi connectivity index (χ3n) is 3.36. The van der Waals surface area contributed by atoms with E-state index < -0.39 is 0 Å². The van der Waals surface area contributed by atoms with Gasteiger partial charge in [0, 0.05) is 18.8 Å². The van der Waals surface area contributed by atoms with E-state index >= 15 is 0 Å². The zero-order valence-corrected chi connectivity index (χ0v) is 7.53. The Morgan fingerprint density at radius 2 is 2.08 bits per heavy atom. The summed E-state index contributed by atoms with van der Waals surface area (Å²) >= 11 is 0. The van der Waals surface area contributed by atoms with Crippen molar-refractivity contribution in [3.63, 3.8) is 0 Å². The van der Waals surface area contributed by atoms with Crippen molar-refractivity contribution in [3.05, 3.63) is 11.8 Å². The molecule has 3 nitrogen and oxygen atoms in total. The molecular weight excluding hydrogens is 168 g/mol. The topological polar surface area (TPSA) is 38.7 Å². The highest BCUT2D eigenvalue weighted by atomic mass is 16.7. The molecule has 1 heterocycles. The number of ether oxygens (including phenoxy) is 2. The molecule has 72 valence electrons. The molecule has 0 aromatic rings. The minimum Gasteiger partial charge on any atom is -0.512 e. The van der Waals surface area contributed by atoms with Crippen molar-refractivity contribution in [2.24, 2.45) is 11.8 Å². The zero-order chi connectivity index (χ0) is 8.89. The van der Waals surface area contributed by atoms with Crippen molar-refractivity contribution in [1.29, 1.82) is 0 Å². The molecular formula is C10H14O3. The van der Waals surface area contributed by atoms with Gasteiger partial charge in [0.15, 0.2) is 5.79 Å². The number of hydrogen-bond acceptors (Lipinski definition) is 3. The average molecular weight is 182 g/mol. The van der Waals surface area contributed by atoms with Gasteiger partial charge in [0.05, 0.1) is 19.0 Å². The summed E-state index contributed by atoms with van der Waals surface area (Å²) in [4.78, 5) is 0. The van der Waals surface area contributed by atoms with E-state index in [2.05, 4.69) is 0 Å². The van der Waals surface area contributed by atoms with Crippen LogP contribution >= 0.6 is 0 Å². The van der Waals surface area contributed by atoms with Gasteiger partial charge in [0.1, 0.15) is 0 Å². The van der Waals surface area contributed by atoms with E-state index in [-0.39, 0.29) is 11.7 Å². The molecule has 2 bridgehead atoms. The van der Waals surface area contributed by atoms with Gasteiger partial charge >= 0.3 is 0 Å². The van der Waals surface area contributed by atoms with Crippen LogP contribution in [0.15, 0.2) is 11.8 Å². The summed E-state index contributed by atoms with van der Waals surface area (Å²) in [6.07, 6.45) is 4.82. The average Bonchev–Trinajstić information content (AvgIpc) is 2.60. The SMILES string of the molecule is OC1=CC2CC1CC1(C2)OCCO1. The lowest BCUT2D eigenvalue weighted by molar-refractivity contribution is -0.189. The molecule has 2 fully saturated rings. The first kappa shape index (κ1) is 7.83. The van der Waals surface area contributed by atoms with Crippen molar-refractivity contribution < 1.29 is 14.6 Å². The Balaban J connectivity index is 1.84. The van der Waals surface area contributed by atoms with Gasteiger partial charge < -0.3 is 14.6 Å². The van der Waals surface area contributed by atoms with E-state index in [1.807, 2.05) is 6.08 Å². The van der Waals surface area contributed by atoms with E-state index in [0.717, 1.165) is 19.3 Å². The quantitative estimate of drug-likeness (QED) is 0.618. The summed E-state index contributed by atoms with van der Waals surface area (Å²) in [5.74, 6) is 0.962. The van der Waals surface area contributed by atoms with Gasteiger partial charge in [-0.05, 0) is 18.4 Å². The van der Waals surface area contributed by atoms with E-state index in [9.17, 15) is 5.11 Å². The highest BCUT2D eigenvalue weighted by Crippen LogP contribution is 2.48. The summed E-state index contributed by atoms with van der Waals surface area (Å²) < 4.78 is 11.3. The largest absolute Gasteiger partial charge is 0.512 e. The molecule has 1 saturated heterocycles. The molecule has 2 atom stereocenters. The molecule has 0 aromatic carbocycles. The monoisotopic (exact) mass is 182 g/mol. The van der Waals surface area contributed by atoms with Gasteiger partial charge in [-0.25, -0.2) is 0 Å². The van der Waals surface area contributed by atoms with Gasteiger partial charge in [0.2, 0.25) is 0 Å². The first-order valence-electron chi connectivity index (χ1n) is 4.96. The molecule has 2 aliphatic carbocycles. The molecule has 1 saturated carbocycles. The highest BCUT2D eigenvalue weighted by Gasteiger charge is 2.48. The van der Waals surface area contributed by atoms with Crippen LogP contribution in [0.2, 0.25) is 0 Å². The standard InChI is InChI=1S/C10H14O3/c11-9-4-7-3-8(9)6-10(5-7)12-1-2-13-10/h4,7-8,11H,1-3,5-6H2. The van der Waals surface area contributed by atoms with Gasteiger partial charge in [-0.15, -0.1) is 0 Å². The number of aliphatic hydroxyl groups excluding tert-OH is 1. The molecule has 2 unspecified atom stereocenters. The Morgan fingerprint density at radius 1 is 1.31 bits per heavy atom. The molecule has 1 N–H and O–H groups in total. The predicted molar refractivity (Wildman–Crippen MR) is 46.2 cm³/mol. The van der Waals surface area contributed by atoms with Gasteiger partial charge in [-0.3, -0.25) is 0 Å². The van der Waals surface area contributed by atoms with Crippen LogP contribution in [-0.2, 0) is 9.47 Å². The normalized spacial score (nSPS) is 41.1. The third kappa shape index (κ3) is 1.11. The fourth-order valence-electron chi connectivity index (χ4n) is 2.85. The second-order valence-corrected chi connectivity index (χ2v) is 4.30. The van der Waals surface area contributed by atoms with Crippen molar-refractivity contribution in [3.8, 4) is 0 Å². The molecule has 1 aliphatic heterocycles. The maximum absolute atomic E-state index is 9.59. The van der Waals surface area contributed by atoms with Crippen molar-refractivity contribution in [1.82, 2.24) is 0 Å². The molecule has 1 spiro atoms. The first-order chi connectivity index (χ1) is 6.27. The lowest BCUT2D eigenvalue weighted by Gasteiger charge is -2.35. The number of rotatable bonds is 0. The van der Waals surface area contributed by atoms with Crippen LogP contribution in [-0.4, -0.2) is 24.1 Å². The van der Waals surface area contributed by atoms with Crippen LogP contribution < -0.4 is 0 Å². The van der Waals surface area contributed by atoms with E-state index in [1.165, 1.54) is 0 Å². The fourth-order valence-corrected chi connectivity index (χ4v) is 2.85. The Kier molecular flexibility index (Phi) is 1.50. The Labute approximate surface area is 77.3 Å². The van der Waals surface area contributed by atoms with Gasteiger partial charge in [0.25, 0.3) is 0 Å². The maximum atomic E-state index is 9.59. The predicted octanol–water partition coefficient (Wildman–Crippen LogP) is 1.60. The molecule has 0 aromatic heterocycles. The van der Waals surface area contributed by atoms with Crippen LogP contribution in [0, 0.1) is 11.8 Å². The third-order valence-corrected chi connectivity index (χ3v) is 3.36. The van der Waals surface area contributed by atoms with Crippen LogP contribution in [0.5, 0.6) is 0 Å². The lowest BCUT2D eigenvalue weighted by atomic mass is 9.83. The van der Waals surface area contributed by atoms with Crippen LogP contribution in [0.1, 0.15) is 19.3 Å². The van der Waals surface area contributed by atoms with Crippen molar-refractivity contribution >= 4 is 0 Å². The smallest absolute Gasteiger partial charge is 0.169 e. The molecule has 3 rings (SSSR count). The second kappa shape index (κ2) is 2.49. The summed E-state index contributed by atoms with van der Waals surface area (Å²) in [5.41, 5.74) is 0. The second-order valence-electron chi connectivity index (χ2n) is 4.30. The molecule has 3 heteroatoms. The van der Waals surface area contributed by atoms with Crippen molar-refractivity contribution in [2.45, 2.75) is 25.0 Å². The van der Waals surface area contributed by atoms with Crippen LogP contribution in [0.3, 0.4) is 0 Å². The number of fused-ring (bicyclic) bond motifs is 2. The fraction of sp³-hybridized carbons (Fsp3) is 0.800. The maximum Gasteiger partial charge on any atom is 0.169 e. The summed E-state index contributed by atoms with van der Waals surface area (Å²) in [6.45, 7) is 1.42. The van der Waals surface area contributed by atoms with Crippen LogP contribution in [0.25, 0.3) is 0 Å². The molecule has 0 radical (unpaired) electrons. The molecule has 13 heavy (non-hydrogen) atoms. The summed E-state index contributed by atoms with van der Waals surface area (Å²) in [7, 11) is 0. The summed E-state index contributed by atoms with van der Waals surface area (Å²) in [6, 6.07) is 0. The number of hydrogen-bond donors (Lipinski definition) is 1. The molecule has 3 aliphatic rings. The van der Waals surface area contributed by atoms with Crippen LogP contribution in [0.4, 0.5) is 0 Å². The Bertz CT molecular complexity index is 253. The highest BCUT2D eigenvalue weighted by molar-refractivity contribution is 5.14. The van der Waals surface area contributed by atoms with E-state index in [1.54, 1.807) is 0 Å². The Hall–Kier alpha value is -0.540. The number of allylic oxidation sites excluding steroid dienone is 2. The minimum absolute atomic E-state index is 0.289. The molecule has 0 amide bonds. The summed E-state index contributed by atoms with van der Waals surface area (Å²) in [5, 5.41) is 9.59. The zero-order valence-electron chi connectivity index (χ0n) is 7.53. The van der Waals surface area contributed by atoms with E-state index in [4.69, 9.17) is 9.47 Å². The number of aliphatic hydroxyl groups is 1. The van der Waals surface area contributed by atoms with Crippen molar-refractivity contribution in [2.75, 3.05) is 13.2 Å². The van der Waals surface area contributed by atoms with E-state index in [0.29, 0.717) is 24.9 Å². The first-order valence-corrected chi connectivity index (χ1v) is 4.96. The Morgan fingerprint density at radius 3 is 2.77 bits per heavy atom. The van der Waals surface area contributed by atoms with Gasteiger partial charge in [-0.1, -0.05) is 0 Å². The van der Waals surface area contributed by atoms with Gasteiger partial charge in [-0.2, -0.15) is 0 Å². The minimum atomic E-state index is -0.353. The lowest BCUT2D eigenvalue weighted by Crippen LogP contribution is -2.37.